The number of carboxylic acids is 1. The molecule has 43 heavy (non-hydrogen) atoms. The first kappa shape index (κ1) is 32.6. The van der Waals surface area contributed by atoms with Crippen molar-refractivity contribution in [2.45, 2.75) is 63.7 Å². The van der Waals surface area contributed by atoms with E-state index in [1.165, 1.54) is 36.8 Å². The summed E-state index contributed by atoms with van der Waals surface area (Å²) in [5, 5.41) is 36.8. The zero-order chi connectivity index (χ0) is 31.5. The van der Waals surface area contributed by atoms with Gasteiger partial charge in [0.1, 0.15) is 29.6 Å². The Morgan fingerprint density at radius 1 is 0.814 bits per heavy atom. The van der Waals surface area contributed by atoms with Crippen LogP contribution in [0, 0.1) is 5.92 Å². The Bertz CT molecular complexity index is 1360. The van der Waals surface area contributed by atoms with E-state index in [4.69, 9.17) is 5.73 Å². The summed E-state index contributed by atoms with van der Waals surface area (Å²) >= 11 is 0. The SMILES string of the molecule is CCC(C)C(NC(=O)C(Cc1ccc(O)cc1)NC(=O)C(N)Cc1cnc[nH]1)C(=O)NC(Cc1ccc(O)cc1)C(=O)O. The third-order valence-corrected chi connectivity index (χ3v) is 7.12. The molecule has 0 aliphatic heterocycles. The van der Waals surface area contributed by atoms with Crippen LogP contribution in [0.3, 0.4) is 0 Å². The van der Waals surface area contributed by atoms with Crippen LogP contribution >= 0.6 is 0 Å². The molecule has 0 fully saturated rings. The molecular formula is C30H38N6O7. The number of hydrogen-bond donors (Lipinski definition) is 8. The normalized spacial score (nSPS) is 14.5. The van der Waals surface area contributed by atoms with Crippen LogP contribution in [0.5, 0.6) is 11.5 Å². The molecule has 13 nitrogen and oxygen atoms in total. The molecule has 0 bridgehead atoms. The number of rotatable bonds is 15. The number of nitrogens with two attached hydrogens (primary N) is 1. The summed E-state index contributed by atoms with van der Waals surface area (Å²) in [5.74, 6) is -3.56. The fourth-order valence-electron chi connectivity index (χ4n) is 4.37. The van der Waals surface area contributed by atoms with Crippen LogP contribution in [0.2, 0.25) is 0 Å². The molecule has 3 rings (SSSR count). The topological polar surface area (TPSA) is 220 Å². The summed E-state index contributed by atoms with van der Waals surface area (Å²) < 4.78 is 0. The predicted octanol–water partition coefficient (Wildman–Crippen LogP) is 0.761. The highest BCUT2D eigenvalue weighted by Crippen LogP contribution is 2.15. The van der Waals surface area contributed by atoms with E-state index in [1.54, 1.807) is 31.2 Å². The molecule has 0 radical (unpaired) electrons. The highest BCUT2D eigenvalue weighted by atomic mass is 16.4. The predicted molar refractivity (Wildman–Crippen MR) is 157 cm³/mol. The Balaban J connectivity index is 1.78. The molecule has 3 amide bonds. The third kappa shape index (κ3) is 9.85. The van der Waals surface area contributed by atoms with Crippen molar-refractivity contribution in [2.75, 3.05) is 0 Å². The zero-order valence-electron chi connectivity index (χ0n) is 24.0. The molecule has 5 unspecified atom stereocenters. The molecule has 5 atom stereocenters. The molecule has 230 valence electrons. The van der Waals surface area contributed by atoms with Crippen LogP contribution in [0.25, 0.3) is 0 Å². The second kappa shape index (κ2) is 15.4. The third-order valence-electron chi connectivity index (χ3n) is 7.12. The fourth-order valence-corrected chi connectivity index (χ4v) is 4.37. The number of imidazole rings is 1. The number of amides is 3. The Labute approximate surface area is 248 Å². The van der Waals surface area contributed by atoms with Gasteiger partial charge < -0.3 is 42.0 Å². The molecule has 0 spiro atoms. The van der Waals surface area contributed by atoms with Gasteiger partial charge in [-0.25, -0.2) is 9.78 Å². The molecule has 2 aromatic carbocycles. The molecule has 0 saturated carbocycles. The maximum atomic E-state index is 13.6. The molecule has 0 aliphatic carbocycles. The number of nitrogens with zero attached hydrogens (tertiary/aromatic N) is 1. The summed E-state index contributed by atoms with van der Waals surface area (Å²) in [6.07, 6.45) is 3.61. The van der Waals surface area contributed by atoms with Gasteiger partial charge in [-0.2, -0.15) is 0 Å². The number of carbonyl (C=O) groups is 4. The summed E-state index contributed by atoms with van der Waals surface area (Å²) in [6.45, 7) is 3.57. The summed E-state index contributed by atoms with van der Waals surface area (Å²) in [4.78, 5) is 58.8. The maximum absolute atomic E-state index is 13.6. The number of phenolic OH excluding ortho intramolecular Hbond substituents is 2. The maximum Gasteiger partial charge on any atom is 0.326 e. The van der Waals surface area contributed by atoms with Crippen molar-refractivity contribution in [3.63, 3.8) is 0 Å². The molecule has 0 aliphatic rings. The standard InChI is InChI=1S/C30H38N6O7/c1-3-17(2)26(29(41)35-25(30(42)43)13-19-6-10-22(38)11-7-19)36-28(40)24(12-18-4-8-21(37)9-5-18)34-27(39)23(31)14-20-15-32-16-33-20/h4-11,15-17,23-26,37-38H,3,12-14,31H2,1-2H3,(H,32,33)(H,34,39)(H,35,41)(H,36,40)(H,42,43). The Kier molecular flexibility index (Phi) is 11.6. The highest BCUT2D eigenvalue weighted by molar-refractivity contribution is 5.94. The first-order chi connectivity index (χ1) is 20.5. The van der Waals surface area contributed by atoms with Gasteiger partial charge in [-0.1, -0.05) is 44.5 Å². The lowest BCUT2D eigenvalue weighted by Crippen LogP contribution is -2.59. The lowest BCUT2D eigenvalue weighted by atomic mass is 9.96. The Morgan fingerprint density at radius 3 is 1.84 bits per heavy atom. The minimum atomic E-state index is -1.30. The van der Waals surface area contributed by atoms with E-state index < -0.39 is 47.9 Å². The molecule has 0 saturated heterocycles. The van der Waals surface area contributed by atoms with Gasteiger partial charge in [0.2, 0.25) is 17.7 Å². The molecule has 1 aromatic heterocycles. The average Bonchev–Trinajstić information content (AvgIpc) is 3.49. The Morgan fingerprint density at radius 2 is 1.35 bits per heavy atom. The van der Waals surface area contributed by atoms with Gasteiger partial charge in [-0.3, -0.25) is 14.4 Å². The fraction of sp³-hybridized carbons (Fsp3) is 0.367. The van der Waals surface area contributed by atoms with Crippen molar-refractivity contribution < 1.29 is 34.5 Å². The van der Waals surface area contributed by atoms with Crippen molar-refractivity contribution in [3.8, 4) is 11.5 Å². The van der Waals surface area contributed by atoms with Crippen molar-refractivity contribution in [2.24, 2.45) is 11.7 Å². The van der Waals surface area contributed by atoms with Crippen LogP contribution in [0.15, 0.2) is 61.1 Å². The van der Waals surface area contributed by atoms with Crippen LogP contribution < -0.4 is 21.7 Å². The number of phenols is 2. The van der Waals surface area contributed by atoms with E-state index in [0.29, 0.717) is 23.2 Å². The van der Waals surface area contributed by atoms with Gasteiger partial charge in [0, 0.05) is 31.2 Å². The largest absolute Gasteiger partial charge is 0.508 e. The number of aromatic amines is 1. The summed E-state index contributed by atoms with van der Waals surface area (Å²) in [7, 11) is 0. The lowest BCUT2D eigenvalue weighted by Gasteiger charge is -2.28. The molecule has 3 aromatic rings. The first-order valence-electron chi connectivity index (χ1n) is 13.9. The van der Waals surface area contributed by atoms with Gasteiger partial charge in [-0.05, 0) is 41.3 Å². The number of aromatic nitrogens is 2. The first-order valence-corrected chi connectivity index (χ1v) is 13.9. The zero-order valence-corrected chi connectivity index (χ0v) is 24.0. The average molecular weight is 595 g/mol. The van der Waals surface area contributed by atoms with Crippen LogP contribution in [0.1, 0.15) is 37.1 Å². The van der Waals surface area contributed by atoms with Crippen molar-refractivity contribution in [1.29, 1.82) is 0 Å². The second-order valence-corrected chi connectivity index (χ2v) is 10.5. The van der Waals surface area contributed by atoms with Gasteiger partial charge in [0.05, 0.1) is 12.4 Å². The van der Waals surface area contributed by atoms with E-state index in [9.17, 15) is 34.5 Å². The minimum Gasteiger partial charge on any atom is -0.508 e. The Hall–Kier alpha value is -4.91. The van der Waals surface area contributed by atoms with E-state index in [0.717, 1.165) is 0 Å². The monoisotopic (exact) mass is 594 g/mol. The van der Waals surface area contributed by atoms with Gasteiger partial charge in [0.25, 0.3) is 0 Å². The van der Waals surface area contributed by atoms with Gasteiger partial charge in [0.15, 0.2) is 0 Å². The molecule has 9 N–H and O–H groups in total. The quantitative estimate of drug-likeness (QED) is 0.124. The van der Waals surface area contributed by atoms with Crippen molar-refractivity contribution in [1.82, 2.24) is 25.9 Å². The van der Waals surface area contributed by atoms with Gasteiger partial charge >= 0.3 is 5.97 Å². The number of nitrogens with one attached hydrogen (secondary N) is 4. The summed E-state index contributed by atoms with van der Waals surface area (Å²) in [6, 6.07) is 7.50. The van der Waals surface area contributed by atoms with E-state index in [2.05, 4.69) is 25.9 Å². The van der Waals surface area contributed by atoms with Gasteiger partial charge in [-0.15, -0.1) is 0 Å². The van der Waals surface area contributed by atoms with E-state index in [1.807, 2.05) is 6.92 Å². The van der Waals surface area contributed by atoms with E-state index >= 15 is 0 Å². The number of carboxylic acid groups (broad SMARTS) is 1. The van der Waals surface area contributed by atoms with Crippen LogP contribution in [-0.4, -0.2) is 73.1 Å². The number of benzene rings is 2. The van der Waals surface area contributed by atoms with Crippen LogP contribution in [0.4, 0.5) is 0 Å². The van der Waals surface area contributed by atoms with Crippen molar-refractivity contribution in [3.05, 3.63) is 77.9 Å². The lowest BCUT2D eigenvalue weighted by molar-refractivity contribution is -0.142. The van der Waals surface area contributed by atoms with E-state index in [-0.39, 0.29) is 36.7 Å². The molecule has 1 heterocycles. The molecular weight excluding hydrogens is 556 g/mol. The number of carbonyl (C=O) groups excluding carboxylic acids is 3. The number of H-pyrrole nitrogens is 1. The minimum absolute atomic E-state index is 0.0235. The highest BCUT2D eigenvalue weighted by Gasteiger charge is 2.33. The number of aromatic hydroxyl groups is 2. The second-order valence-electron chi connectivity index (χ2n) is 10.5. The summed E-state index contributed by atoms with van der Waals surface area (Å²) in [5.41, 5.74) is 7.93. The number of hydrogen-bond acceptors (Lipinski definition) is 8. The van der Waals surface area contributed by atoms with Crippen molar-refractivity contribution >= 4 is 23.7 Å². The number of aliphatic carboxylic acids is 1. The smallest absolute Gasteiger partial charge is 0.326 e. The van der Waals surface area contributed by atoms with Crippen LogP contribution in [-0.2, 0) is 38.4 Å². The molecule has 13 heteroatoms.